The first-order valence-electron chi connectivity index (χ1n) is 23.9. The quantitative estimate of drug-likeness (QED) is 0.0688. The molecule has 10 aromatic rings. The van der Waals surface area contributed by atoms with Gasteiger partial charge in [-0.1, -0.05) is 173 Å². The van der Waals surface area contributed by atoms with Gasteiger partial charge in [0.1, 0.15) is 0 Å². The van der Waals surface area contributed by atoms with Crippen molar-refractivity contribution in [2.45, 2.75) is 42.0 Å². The standard InChI is InChI=1S/C60H48N4.C3H6.C2H6.CH4/c1-3-44-61(58-35-21-16-22-45(58)2)46-36-38-52(39-37-46)63(49-27-12-6-13-28-49)59-54-31-17-19-33-56(54)60(57-34-20-18-32-55(57)59)64(50-29-14-7-15-30-50)53-42-40-51(41-43-53)62(47-23-8-4-9-24-47)48-25-10-5-11-26-48;1-3-2;1-2;/h3-44H,1-2H3;3H,1H2,2H3;1-2H3;1H4/b44-3+;;;. The molecule has 0 radical (unpaired) electrons. The van der Waals surface area contributed by atoms with Gasteiger partial charge in [0, 0.05) is 78.9 Å². The van der Waals surface area contributed by atoms with Crippen molar-refractivity contribution in [3.8, 4) is 0 Å². The number of anilines is 11. The van der Waals surface area contributed by atoms with Crippen molar-refractivity contribution in [3.63, 3.8) is 0 Å². The Bertz CT molecular complexity index is 3130. The van der Waals surface area contributed by atoms with E-state index in [0.717, 1.165) is 84.1 Å². The minimum absolute atomic E-state index is 0. The fourth-order valence-electron chi connectivity index (χ4n) is 8.94. The highest BCUT2D eigenvalue weighted by Crippen LogP contribution is 2.51. The second-order valence-corrected chi connectivity index (χ2v) is 16.2. The molecule has 10 aromatic carbocycles. The minimum Gasteiger partial charge on any atom is -0.317 e. The molecule has 0 N–H and O–H groups in total. The average Bonchev–Trinajstić information content (AvgIpc) is 3.42. The Labute approximate surface area is 417 Å². The minimum atomic E-state index is 0. The van der Waals surface area contributed by atoms with Crippen molar-refractivity contribution in [3.05, 3.63) is 273 Å². The summed E-state index contributed by atoms with van der Waals surface area (Å²) in [6, 6.07) is 86.9. The molecule has 70 heavy (non-hydrogen) atoms. The van der Waals surface area contributed by atoms with Crippen LogP contribution >= 0.6 is 0 Å². The smallest absolute Gasteiger partial charge is 0.0619 e. The molecule has 0 saturated heterocycles. The van der Waals surface area contributed by atoms with Crippen LogP contribution in [-0.4, -0.2) is 0 Å². The molecule has 0 aliphatic carbocycles. The van der Waals surface area contributed by atoms with E-state index in [1.54, 1.807) is 6.08 Å². The van der Waals surface area contributed by atoms with Crippen molar-refractivity contribution in [2.24, 2.45) is 0 Å². The zero-order chi connectivity index (χ0) is 48.0. The lowest BCUT2D eigenvalue weighted by molar-refractivity contribution is 1.23. The van der Waals surface area contributed by atoms with Crippen LogP contribution in [0.4, 0.5) is 62.6 Å². The van der Waals surface area contributed by atoms with Gasteiger partial charge in [-0.2, -0.15) is 0 Å². The van der Waals surface area contributed by atoms with Gasteiger partial charge in [0.05, 0.1) is 11.4 Å². The maximum atomic E-state index is 3.36. The molecule has 0 unspecified atom stereocenters. The van der Waals surface area contributed by atoms with Crippen LogP contribution in [0.15, 0.2) is 268 Å². The topological polar surface area (TPSA) is 13.0 Å². The number of rotatable bonds is 12. The number of hydrogen-bond donors (Lipinski definition) is 0. The first-order chi connectivity index (χ1) is 34.1. The Morgan fingerprint density at radius 1 is 0.329 bits per heavy atom. The SMILES string of the molecule is C.C/C=C/N(c1ccc(N(c2ccccc2)c2c3ccccc3c(N(c3ccccc3)c3ccc(N(c4ccccc4)c4ccccc4)cc3)c3ccccc23)cc1)c1ccccc1C.C=CC.CC. The number of hydrogen-bond acceptors (Lipinski definition) is 4. The summed E-state index contributed by atoms with van der Waals surface area (Å²) in [5.41, 5.74) is 13.3. The summed E-state index contributed by atoms with van der Waals surface area (Å²) >= 11 is 0. The molecule has 0 aromatic heterocycles. The fraction of sp³-hybridized carbons (Fsp3) is 0.0909. The maximum absolute atomic E-state index is 3.36. The van der Waals surface area contributed by atoms with E-state index in [-0.39, 0.29) is 7.43 Å². The Morgan fingerprint density at radius 2 is 0.586 bits per heavy atom. The van der Waals surface area contributed by atoms with E-state index in [9.17, 15) is 0 Å². The Balaban J connectivity index is 0.00000116. The molecule has 0 amide bonds. The maximum Gasteiger partial charge on any atom is 0.0619 e. The molecule has 0 heterocycles. The second kappa shape index (κ2) is 23.9. The molecule has 4 heteroatoms. The van der Waals surface area contributed by atoms with E-state index in [2.05, 4.69) is 295 Å². The summed E-state index contributed by atoms with van der Waals surface area (Å²) in [6.07, 6.45) is 5.98. The fourth-order valence-corrected chi connectivity index (χ4v) is 8.94. The third kappa shape index (κ3) is 10.4. The zero-order valence-electron chi connectivity index (χ0n) is 40.3. The molecule has 10 rings (SSSR count). The van der Waals surface area contributed by atoms with Crippen LogP contribution in [-0.2, 0) is 0 Å². The summed E-state index contributed by atoms with van der Waals surface area (Å²) in [4.78, 5) is 9.42. The van der Waals surface area contributed by atoms with Crippen molar-refractivity contribution in [1.82, 2.24) is 0 Å². The summed E-state index contributed by atoms with van der Waals surface area (Å²) in [7, 11) is 0. The summed E-state index contributed by atoms with van der Waals surface area (Å²) in [6.45, 7) is 13.5. The van der Waals surface area contributed by atoms with E-state index in [1.807, 2.05) is 20.8 Å². The lowest BCUT2D eigenvalue weighted by Gasteiger charge is -2.33. The van der Waals surface area contributed by atoms with E-state index in [1.165, 1.54) is 5.56 Å². The van der Waals surface area contributed by atoms with E-state index in [0.29, 0.717) is 0 Å². The van der Waals surface area contributed by atoms with Crippen molar-refractivity contribution < 1.29 is 0 Å². The van der Waals surface area contributed by atoms with Gasteiger partial charge in [0.15, 0.2) is 0 Å². The van der Waals surface area contributed by atoms with Crippen molar-refractivity contribution in [2.75, 3.05) is 19.6 Å². The largest absolute Gasteiger partial charge is 0.317 e. The number of aryl methyl sites for hydroxylation is 1. The molecule has 0 spiro atoms. The highest BCUT2D eigenvalue weighted by molar-refractivity contribution is 6.23. The van der Waals surface area contributed by atoms with Crippen molar-refractivity contribution in [1.29, 1.82) is 0 Å². The van der Waals surface area contributed by atoms with Crippen LogP contribution in [0.3, 0.4) is 0 Å². The Morgan fingerprint density at radius 3 is 0.914 bits per heavy atom. The van der Waals surface area contributed by atoms with Crippen LogP contribution in [0.25, 0.3) is 21.5 Å². The normalized spacial score (nSPS) is 10.5. The lowest BCUT2D eigenvalue weighted by Crippen LogP contribution is -2.15. The van der Waals surface area contributed by atoms with Gasteiger partial charge in [-0.05, 0) is 129 Å². The van der Waals surface area contributed by atoms with Gasteiger partial charge in [-0.3, -0.25) is 0 Å². The highest BCUT2D eigenvalue weighted by Gasteiger charge is 2.26. The Hall–Kier alpha value is -8.60. The molecule has 0 aliphatic rings. The van der Waals surface area contributed by atoms with Crippen LogP contribution in [0.5, 0.6) is 0 Å². The van der Waals surface area contributed by atoms with Crippen LogP contribution < -0.4 is 19.6 Å². The molecule has 0 atom stereocenters. The molecule has 0 aliphatic heterocycles. The number of benzene rings is 10. The lowest BCUT2D eigenvalue weighted by atomic mass is 9.95. The average molecular weight is 913 g/mol. The van der Waals surface area contributed by atoms with Gasteiger partial charge < -0.3 is 19.6 Å². The summed E-state index contributed by atoms with van der Waals surface area (Å²) in [5, 5.41) is 4.60. The number of para-hydroxylation sites is 5. The molecular weight excluding hydrogens is 849 g/mol. The van der Waals surface area contributed by atoms with Gasteiger partial charge in [-0.15, -0.1) is 6.58 Å². The van der Waals surface area contributed by atoms with Gasteiger partial charge in [0.25, 0.3) is 0 Å². The third-order valence-electron chi connectivity index (χ3n) is 11.8. The predicted octanol–water partition coefficient (Wildman–Crippen LogP) is 20.2. The predicted molar refractivity (Wildman–Crippen MR) is 308 cm³/mol. The van der Waals surface area contributed by atoms with Crippen LogP contribution in [0, 0.1) is 6.92 Å². The second-order valence-electron chi connectivity index (χ2n) is 16.2. The third-order valence-corrected chi connectivity index (χ3v) is 11.8. The van der Waals surface area contributed by atoms with Gasteiger partial charge in [-0.25, -0.2) is 0 Å². The monoisotopic (exact) mass is 913 g/mol. The van der Waals surface area contributed by atoms with Crippen LogP contribution in [0.2, 0.25) is 0 Å². The molecular formula is C66H64N4. The van der Waals surface area contributed by atoms with E-state index in [4.69, 9.17) is 0 Å². The molecule has 0 saturated carbocycles. The molecule has 348 valence electrons. The number of nitrogens with zero attached hydrogens (tertiary/aromatic N) is 4. The van der Waals surface area contributed by atoms with Gasteiger partial charge in [0.2, 0.25) is 0 Å². The number of fused-ring (bicyclic) bond motifs is 2. The van der Waals surface area contributed by atoms with E-state index < -0.39 is 0 Å². The first-order valence-corrected chi connectivity index (χ1v) is 23.9. The number of allylic oxidation sites excluding steroid dienone is 2. The van der Waals surface area contributed by atoms with E-state index >= 15 is 0 Å². The molecule has 0 bridgehead atoms. The van der Waals surface area contributed by atoms with Crippen LogP contribution in [0.1, 0.15) is 40.7 Å². The first kappa shape index (κ1) is 49.3. The zero-order valence-corrected chi connectivity index (χ0v) is 40.3. The molecule has 4 nitrogen and oxygen atoms in total. The molecule has 0 fully saturated rings. The Kier molecular flexibility index (Phi) is 16.8. The van der Waals surface area contributed by atoms with Crippen molar-refractivity contribution >= 4 is 84.1 Å². The van der Waals surface area contributed by atoms with Gasteiger partial charge >= 0.3 is 0 Å². The summed E-state index contributed by atoms with van der Waals surface area (Å²) in [5.74, 6) is 0. The summed E-state index contributed by atoms with van der Waals surface area (Å²) < 4.78 is 0. The highest BCUT2D eigenvalue weighted by atomic mass is 15.2.